The molecule has 6 heteroatoms. The van der Waals surface area contributed by atoms with Gasteiger partial charge in [-0.1, -0.05) is 13.8 Å². The van der Waals surface area contributed by atoms with E-state index in [9.17, 15) is 0 Å². The molecule has 2 atom stereocenters. The van der Waals surface area contributed by atoms with Crippen LogP contribution >= 0.6 is 0 Å². The van der Waals surface area contributed by atoms with Gasteiger partial charge in [0.2, 0.25) is 0 Å². The molecule has 2 unspecified atom stereocenters. The highest BCUT2D eigenvalue weighted by molar-refractivity contribution is 5.09. The van der Waals surface area contributed by atoms with Gasteiger partial charge >= 0.3 is 0 Å². The zero-order valence-corrected chi connectivity index (χ0v) is 9.51. The zero-order valence-electron chi connectivity index (χ0n) is 9.51. The van der Waals surface area contributed by atoms with Gasteiger partial charge in [0, 0.05) is 0 Å². The number of aliphatic hydroxyl groups is 2. The van der Waals surface area contributed by atoms with Crippen molar-refractivity contribution in [2.75, 3.05) is 13.2 Å². The zero-order chi connectivity index (χ0) is 12.7. The summed E-state index contributed by atoms with van der Waals surface area (Å²) in [5, 5.41) is 43.4. The molecule has 0 heterocycles. The van der Waals surface area contributed by atoms with Gasteiger partial charge in [0.1, 0.15) is 0 Å². The average molecular weight is 224 g/mol. The van der Waals surface area contributed by atoms with E-state index in [0.29, 0.717) is 12.8 Å². The molecule has 0 bridgehead atoms. The van der Waals surface area contributed by atoms with Crippen molar-refractivity contribution in [1.29, 1.82) is 10.5 Å². The highest BCUT2D eigenvalue weighted by atomic mass is 16.3. The minimum Gasteiger partial charge on any atom is -0.393 e. The lowest BCUT2D eigenvalue weighted by atomic mass is 9.99. The van der Waals surface area contributed by atoms with E-state index in [4.69, 9.17) is 20.7 Å². The van der Waals surface area contributed by atoms with E-state index in [1.165, 1.54) is 0 Å². The first-order valence-corrected chi connectivity index (χ1v) is 5.06. The summed E-state index contributed by atoms with van der Waals surface area (Å²) in [4.78, 5) is 0. The van der Waals surface area contributed by atoms with E-state index in [1.807, 2.05) is 12.1 Å². The molecular formula is C10H16N4O2. The molecule has 2 N–H and O–H groups in total. The third kappa shape index (κ3) is 2.99. The number of azo groups is 1. The highest BCUT2D eigenvalue weighted by Crippen LogP contribution is 2.20. The lowest BCUT2D eigenvalue weighted by Crippen LogP contribution is -2.32. The lowest BCUT2D eigenvalue weighted by Gasteiger charge is -2.20. The molecule has 0 amide bonds. The van der Waals surface area contributed by atoms with Crippen LogP contribution in [0.1, 0.15) is 26.7 Å². The topological polar surface area (TPSA) is 113 Å². The van der Waals surface area contributed by atoms with Crippen molar-refractivity contribution in [1.82, 2.24) is 0 Å². The maximum absolute atomic E-state index is 9.07. The molecule has 0 spiro atoms. The number of nitriles is 2. The molecule has 0 radical (unpaired) electrons. The molecule has 0 fully saturated rings. The van der Waals surface area contributed by atoms with E-state index in [-0.39, 0.29) is 0 Å². The van der Waals surface area contributed by atoms with E-state index in [0.717, 1.165) is 0 Å². The minimum absolute atomic E-state index is 0.292. The van der Waals surface area contributed by atoms with E-state index in [1.54, 1.807) is 13.8 Å². The molecule has 0 rings (SSSR count). The van der Waals surface area contributed by atoms with Gasteiger partial charge in [-0.2, -0.15) is 20.8 Å². The van der Waals surface area contributed by atoms with Gasteiger partial charge in [-0.15, -0.1) is 0 Å². The van der Waals surface area contributed by atoms with E-state index in [2.05, 4.69) is 10.2 Å². The maximum atomic E-state index is 9.07. The largest absolute Gasteiger partial charge is 0.393 e. The minimum atomic E-state index is -1.31. The average Bonchev–Trinajstić information content (AvgIpc) is 2.37. The summed E-state index contributed by atoms with van der Waals surface area (Å²) in [6, 6.07) is 3.72. The Hall–Kier alpha value is -1.50. The fourth-order valence-corrected chi connectivity index (χ4v) is 0.893. The highest BCUT2D eigenvalue weighted by Gasteiger charge is 2.31. The quantitative estimate of drug-likeness (QED) is 0.648. The van der Waals surface area contributed by atoms with E-state index < -0.39 is 24.3 Å². The predicted molar refractivity (Wildman–Crippen MR) is 56.3 cm³/mol. The molecule has 0 aliphatic carbocycles. The van der Waals surface area contributed by atoms with Gasteiger partial charge in [-0.25, -0.2) is 0 Å². The van der Waals surface area contributed by atoms with Crippen molar-refractivity contribution < 1.29 is 10.2 Å². The van der Waals surface area contributed by atoms with Crippen molar-refractivity contribution in [3.8, 4) is 12.1 Å². The second-order valence-electron chi connectivity index (χ2n) is 3.51. The summed E-state index contributed by atoms with van der Waals surface area (Å²) in [5.74, 6) is 0. The van der Waals surface area contributed by atoms with Crippen LogP contribution in [0.15, 0.2) is 10.2 Å². The molecule has 6 nitrogen and oxygen atoms in total. The van der Waals surface area contributed by atoms with Crippen molar-refractivity contribution in [3.63, 3.8) is 0 Å². The second-order valence-corrected chi connectivity index (χ2v) is 3.51. The standard InChI is InChI=1S/C10H16N4O2/c1-3-9(5-11,7-15)13-14-10(4-2,6-12)8-16/h15-16H,3-4,7-8H2,1-2H3/b14-13+. The first-order chi connectivity index (χ1) is 7.57. The SMILES string of the molecule is CCC(C#N)(CO)/N=N/C(C#N)(CC)CO. The van der Waals surface area contributed by atoms with Gasteiger partial charge in [-0.05, 0) is 12.8 Å². The molecule has 16 heavy (non-hydrogen) atoms. The number of aliphatic hydroxyl groups excluding tert-OH is 2. The van der Waals surface area contributed by atoms with Crippen LogP contribution in [0.25, 0.3) is 0 Å². The summed E-state index contributed by atoms with van der Waals surface area (Å²) >= 11 is 0. The van der Waals surface area contributed by atoms with Crippen molar-refractivity contribution in [2.45, 2.75) is 37.8 Å². The molecule has 0 saturated carbocycles. The predicted octanol–water partition coefficient (Wildman–Crippen LogP) is 0.768. The Morgan fingerprint density at radius 3 is 1.38 bits per heavy atom. The van der Waals surface area contributed by atoms with Gasteiger partial charge in [0.15, 0.2) is 11.1 Å². The van der Waals surface area contributed by atoms with Crippen LogP contribution in [0.4, 0.5) is 0 Å². The molecule has 0 aromatic heterocycles. The molecule has 0 aromatic carbocycles. The first-order valence-electron chi connectivity index (χ1n) is 5.06. The number of hydrogen-bond acceptors (Lipinski definition) is 6. The van der Waals surface area contributed by atoms with Crippen LogP contribution in [0.3, 0.4) is 0 Å². The molecule has 0 saturated heterocycles. The molecule has 0 aromatic rings. The third-order valence-corrected chi connectivity index (χ3v) is 2.54. The first kappa shape index (κ1) is 14.5. The Kier molecular flexibility index (Phi) is 5.59. The Bertz CT molecular complexity index is 287. The van der Waals surface area contributed by atoms with Crippen LogP contribution in [0.2, 0.25) is 0 Å². The number of hydrogen-bond donors (Lipinski definition) is 2. The van der Waals surface area contributed by atoms with Crippen LogP contribution in [-0.4, -0.2) is 34.5 Å². The fourth-order valence-electron chi connectivity index (χ4n) is 0.893. The molecule has 0 aliphatic rings. The Morgan fingerprint density at radius 2 is 1.25 bits per heavy atom. The molecule has 0 aliphatic heterocycles. The van der Waals surface area contributed by atoms with Gasteiger partial charge in [0.05, 0.1) is 25.4 Å². The third-order valence-electron chi connectivity index (χ3n) is 2.54. The van der Waals surface area contributed by atoms with Crippen LogP contribution in [0, 0.1) is 22.7 Å². The Labute approximate surface area is 94.8 Å². The summed E-state index contributed by atoms with van der Waals surface area (Å²) in [7, 11) is 0. The monoisotopic (exact) mass is 224 g/mol. The second kappa shape index (κ2) is 6.16. The van der Waals surface area contributed by atoms with Crippen molar-refractivity contribution >= 4 is 0 Å². The molecule has 88 valence electrons. The summed E-state index contributed by atoms with van der Waals surface area (Å²) in [5.41, 5.74) is -2.63. The Morgan fingerprint density at radius 1 is 0.938 bits per heavy atom. The van der Waals surface area contributed by atoms with Crippen molar-refractivity contribution in [2.24, 2.45) is 10.2 Å². The van der Waals surface area contributed by atoms with Crippen LogP contribution in [0.5, 0.6) is 0 Å². The van der Waals surface area contributed by atoms with Crippen LogP contribution in [-0.2, 0) is 0 Å². The number of rotatable bonds is 6. The van der Waals surface area contributed by atoms with Gasteiger partial charge in [-0.3, -0.25) is 0 Å². The van der Waals surface area contributed by atoms with Crippen molar-refractivity contribution in [3.05, 3.63) is 0 Å². The maximum Gasteiger partial charge on any atom is 0.189 e. The summed E-state index contributed by atoms with van der Waals surface area (Å²) in [6.07, 6.45) is 0.584. The summed E-state index contributed by atoms with van der Waals surface area (Å²) < 4.78 is 0. The lowest BCUT2D eigenvalue weighted by molar-refractivity contribution is 0.200. The van der Waals surface area contributed by atoms with E-state index >= 15 is 0 Å². The molecular weight excluding hydrogens is 208 g/mol. The fraction of sp³-hybridized carbons (Fsp3) is 0.800. The number of nitrogens with zero attached hydrogens (tertiary/aromatic N) is 4. The van der Waals surface area contributed by atoms with Gasteiger partial charge in [0.25, 0.3) is 0 Å². The normalized spacial score (nSPS) is 18.4. The Balaban J connectivity index is 5.08. The van der Waals surface area contributed by atoms with Gasteiger partial charge < -0.3 is 10.2 Å². The summed E-state index contributed by atoms with van der Waals surface area (Å²) in [6.45, 7) is 2.47. The smallest absolute Gasteiger partial charge is 0.189 e. The van der Waals surface area contributed by atoms with Crippen LogP contribution < -0.4 is 0 Å².